The SMILES string of the molecule is COc1cc(C(=O)Nc2cccc(C(C)C)c2)ccc1OCC(=O)Nc1ccc(F)cc1. The van der Waals surface area contributed by atoms with E-state index in [1.165, 1.54) is 31.4 Å². The van der Waals surface area contributed by atoms with Crippen LogP contribution in [-0.4, -0.2) is 25.5 Å². The molecule has 0 aliphatic heterocycles. The van der Waals surface area contributed by atoms with Crippen LogP contribution >= 0.6 is 0 Å². The molecule has 7 heteroatoms. The lowest BCUT2D eigenvalue weighted by Crippen LogP contribution is -2.20. The Hall–Kier alpha value is -3.87. The number of carbonyl (C=O) groups is 2. The van der Waals surface area contributed by atoms with E-state index in [0.29, 0.717) is 34.4 Å². The molecule has 0 saturated heterocycles. The quantitative estimate of drug-likeness (QED) is 0.507. The molecule has 0 heterocycles. The van der Waals surface area contributed by atoms with Gasteiger partial charge in [-0.1, -0.05) is 26.0 Å². The number of benzene rings is 3. The summed E-state index contributed by atoms with van der Waals surface area (Å²) < 4.78 is 23.8. The third-order valence-electron chi connectivity index (χ3n) is 4.72. The number of hydrogen-bond donors (Lipinski definition) is 2. The highest BCUT2D eigenvalue weighted by molar-refractivity contribution is 6.04. The highest BCUT2D eigenvalue weighted by Gasteiger charge is 2.13. The fourth-order valence-electron chi connectivity index (χ4n) is 2.98. The zero-order valence-corrected chi connectivity index (χ0v) is 18.1. The van der Waals surface area contributed by atoms with E-state index in [1.807, 2.05) is 24.3 Å². The largest absolute Gasteiger partial charge is 0.493 e. The average molecular weight is 436 g/mol. The van der Waals surface area contributed by atoms with Crippen LogP contribution in [0.2, 0.25) is 0 Å². The number of amides is 2. The van der Waals surface area contributed by atoms with Gasteiger partial charge in [-0.25, -0.2) is 4.39 Å². The van der Waals surface area contributed by atoms with Gasteiger partial charge in [0.15, 0.2) is 18.1 Å². The molecule has 3 aromatic rings. The second-order valence-corrected chi connectivity index (χ2v) is 7.44. The molecule has 2 amide bonds. The number of halogens is 1. The second-order valence-electron chi connectivity index (χ2n) is 7.44. The molecule has 3 aromatic carbocycles. The molecule has 0 fully saturated rings. The first-order valence-corrected chi connectivity index (χ1v) is 10.1. The van der Waals surface area contributed by atoms with Gasteiger partial charge >= 0.3 is 0 Å². The molecule has 0 saturated carbocycles. The fraction of sp³-hybridized carbons (Fsp3) is 0.200. The lowest BCUT2D eigenvalue weighted by atomic mass is 10.0. The topological polar surface area (TPSA) is 76.7 Å². The number of hydrogen-bond acceptors (Lipinski definition) is 4. The first kappa shape index (κ1) is 22.8. The fourth-order valence-corrected chi connectivity index (χ4v) is 2.98. The second kappa shape index (κ2) is 10.4. The lowest BCUT2D eigenvalue weighted by Gasteiger charge is -2.13. The summed E-state index contributed by atoms with van der Waals surface area (Å²) in [7, 11) is 1.45. The molecule has 0 aromatic heterocycles. The maximum absolute atomic E-state index is 13.0. The van der Waals surface area contributed by atoms with Crippen molar-refractivity contribution in [2.45, 2.75) is 19.8 Å². The maximum atomic E-state index is 13.0. The molecular formula is C25H25FN2O4. The van der Waals surface area contributed by atoms with Crippen molar-refractivity contribution in [3.63, 3.8) is 0 Å². The van der Waals surface area contributed by atoms with Crippen molar-refractivity contribution in [2.24, 2.45) is 0 Å². The molecular weight excluding hydrogens is 411 g/mol. The Bertz CT molecular complexity index is 1100. The van der Waals surface area contributed by atoms with Crippen molar-refractivity contribution in [3.05, 3.63) is 83.7 Å². The summed E-state index contributed by atoms with van der Waals surface area (Å²) in [5, 5.41) is 5.49. The lowest BCUT2D eigenvalue weighted by molar-refractivity contribution is -0.118. The molecule has 0 bridgehead atoms. The minimum Gasteiger partial charge on any atom is -0.493 e. The van der Waals surface area contributed by atoms with E-state index in [-0.39, 0.29) is 18.3 Å². The van der Waals surface area contributed by atoms with Crippen LogP contribution in [0.5, 0.6) is 11.5 Å². The van der Waals surface area contributed by atoms with Crippen LogP contribution in [0.25, 0.3) is 0 Å². The van der Waals surface area contributed by atoms with Gasteiger partial charge in [0.1, 0.15) is 5.82 Å². The molecule has 0 spiro atoms. The molecule has 0 aliphatic carbocycles. The summed E-state index contributed by atoms with van der Waals surface area (Å²) in [6.45, 7) is 3.90. The monoisotopic (exact) mass is 436 g/mol. The summed E-state index contributed by atoms with van der Waals surface area (Å²) in [6, 6.07) is 17.8. The molecule has 0 atom stereocenters. The van der Waals surface area contributed by atoms with Crippen LogP contribution in [0.3, 0.4) is 0 Å². The number of methoxy groups -OCH3 is 1. The Morgan fingerprint density at radius 2 is 1.66 bits per heavy atom. The van der Waals surface area contributed by atoms with Crippen molar-refractivity contribution >= 4 is 23.2 Å². The molecule has 3 rings (SSSR count). The van der Waals surface area contributed by atoms with Crippen LogP contribution in [0.4, 0.5) is 15.8 Å². The van der Waals surface area contributed by atoms with Gasteiger partial charge in [-0.2, -0.15) is 0 Å². The third kappa shape index (κ3) is 6.07. The van der Waals surface area contributed by atoms with Gasteiger partial charge in [0.25, 0.3) is 11.8 Å². The zero-order chi connectivity index (χ0) is 23.1. The van der Waals surface area contributed by atoms with E-state index < -0.39 is 5.91 Å². The normalized spacial score (nSPS) is 10.5. The van der Waals surface area contributed by atoms with Crippen molar-refractivity contribution < 1.29 is 23.5 Å². The molecule has 166 valence electrons. The Morgan fingerprint density at radius 1 is 0.906 bits per heavy atom. The number of carbonyl (C=O) groups excluding carboxylic acids is 2. The molecule has 0 radical (unpaired) electrons. The van der Waals surface area contributed by atoms with Crippen LogP contribution in [0.15, 0.2) is 66.7 Å². The van der Waals surface area contributed by atoms with Crippen molar-refractivity contribution in [3.8, 4) is 11.5 Å². The molecule has 2 N–H and O–H groups in total. The molecule has 32 heavy (non-hydrogen) atoms. The van der Waals surface area contributed by atoms with E-state index in [2.05, 4.69) is 24.5 Å². The Balaban J connectivity index is 1.63. The number of nitrogens with one attached hydrogen (secondary N) is 2. The Kier molecular flexibility index (Phi) is 7.44. The number of ether oxygens (including phenoxy) is 2. The molecule has 0 unspecified atom stereocenters. The van der Waals surface area contributed by atoms with E-state index in [9.17, 15) is 14.0 Å². The average Bonchev–Trinajstić information content (AvgIpc) is 2.79. The standard InChI is InChI=1S/C25H25FN2O4/c1-16(2)17-5-4-6-21(13-17)28-25(30)18-7-12-22(23(14-18)31-3)32-15-24(29)27-20-10-8-19(26)9-11-20/h4-14,16H,15H2,1-3H3,(H,27,29)(H,28,30). The zero-order valence-electron chi connectivity index (χ0n) is 18.1. The van der Waals surface area contributed by atoms with E-state index in [4.69, 9.17) is 9.47 Å². The van der Waals surface area contributed by atoms with Crippen molar-refractivity contribution in [1.82, 2.24) is 0 Å². The van der Waals surface area contributed by atoms with Gasteiger partial charge in [0.2, 0.25) is 0 Å². The highest BCUT2D eigenvalue weighted by Crippen LogP contribution is 2.29. The highest BCUT2D eigenvalue weighted by atomic mass is 19.1. The van der Waals surface area contributed by atoms with E-state index in [1.54, 1.807) is 18.2 Å². The summed E-state index contributed by atoms with van der Waals surface area (Å²) >= 11 is 0. The van der Waals surface area contributed by atoms with Crippen LogP contribution < -0.4 is 20.1 Å². The molecule has 6 nitrogen and oxygen atoms in total. The first-order valence-electron chi connectivity index (χ1n) is 10.1. The van der Waals surface area contributed by atoms with Crippen molar-refractivity contribution in [2.75, 3.05) is 24.4 Å². The summed E-state index contributed by atoms with van der Waals surface area (Å²) in [5.74, 6) is -0.0945. The number of rotatable bonds is 8. The predicted octanol–water partition coefficient (Wildman–Crippen LogP) is 5.23. The number of anilines is 2. The van der Waals surface area contributed by atoms with Gasteiger partial charge in [-0.05, 0) is 66.1 Å². The van der Waals surface area contributed by atoms with Crippen LogP contribution in [0, 0.1) is 5.82 Å². The van der Waals surface area contributed by atoms with Crippen LogP contribution in [-0.2, 0) is 4.79 Å². The Labute approximate surface area is 186 Å². The minimum atomic E-state index is -0.412. The van der Waals surface area contributed by atoms with Crippen LogP contribution in [0.1, 0.15) is 35.7 Å². The first-order chi connectivity index (χ1) is 15.4. The Morgan fingerprint density at radius 3 is 2.34 bits per heavy atom. The van der Waals surface area contributed by atoms with Gasteiger partial charge in [-0.3, -0.25) is 9.59 Å². The summed E-state index contributed by atoms with van der Waals surface area (Å²) in [5.41, 5.74) is 2.68. The third-order valence-corrected chi connectivity index (χ3v) is 4.72. The minimum absolute atomic E-state index is 0.277. The van der Waals surface area contributed by atoms with Gasteiger partial charge in [-0.15, -0.1) is 0 Å². The maximum Gasteiger partial charge on any atom is 0.262 e. The summed E-state index contributed by atoms with van der Waals surface area (Å²) in [6.07, 6.45) is 0. The predicted molar refractivity (Wildman–Crippen MR) is 122 cm³/mol. The smallest absolute Gasteiger partial charge is 0.262 e. The van der Waals surface area contributed by atoms with E-state index in [0.717, 1.165) is 5.56 Å². The van der Waals surface area contributed by atoms with Gasteiger partial charge in [0, 0.05) is 16.9 Å². The molecule has 0 aliphatic rings. The van der Waals surface area contributed by atoms with E-state index >= 15 is 0 Å². The summed E-state index contributed by atoms with van der Waals surface area (Å²) in [4.78, 5) is 24.8. The van der Waals surface area contributed by atoms with Crippen molar-refractivity contribution in [1.29, 1.82) is 0 Å². The van der Waals surface area contributed by atoms with Gasteiger partial charge in [0.05, 0.1) is 7.11 Å². The van der Waals surface area contributed by atoms with Gasteiger partial charge < -0.3 is 20.1 Å².